The molecule has 0 aliphatic carbocycles. The summed E-state index contributed by atoms with van der Waals surface area (Å²) in [5.74, 6) is -1.61. The van der Waals surface area contributed by atoms with Crippen LogP contribution in [0.2, 0.25) is 0 Å². The molecule has 0 saturated heterocycles. The van der Waals surface area contributed by atoms with Gasteiger partial charge in [0, 0.05) is 6.20 Å². The molecule has 0 atom stereocenters. The molecule has 0 aliphatic heterocycles. The molecule has 0 saturated carbocycles. The Morgan fingerprint density at radius 3 is 2.67 bits per heavy atom. The maximum absolute atomic E-state index is 13.3. The van der Waals surface area contributed by atoms with Gasteiger partial charge in [-0.05, 0) is 18.2 Å². The van der Waals surface area contributed by atoms with Crippen LogP contribution >= 0.6 is 0 Å². The van der Waals surface area contributed by atoms with Gasteiger partial charge in [0.05, 0.1) is 5.56 Å². The largest absolute Gasteiger partial charge is 0.384 e. The van der Waals surface area contributed by atoms with Gasteiger partial charge in [-0.3, -0.25) is 0 Å². The number of halogens is 2. The Kier molecular flexibility index (Phi) is 2.29. The molecule has 2 N–H and O–H groups in total. The molecule has 0 radical (unpaired) electrons. The van der Waals surface area contributed by atoms with Crippen LogP contribution in [-0.4, -0.2) is 9.97 Å². The normalized spacial score (nSPS) is 10.3. The van der Waals surface area contributed by atoms with Crippen molar-refractivity contribution in [2.45, 2.75) is 0 Å². The Bertz CT molecular complexity index is 500. The minimum absolute atomic E-state index is 0.00213. The fourth-order valence-corrected chi connectivity index (χ4v) is 1.18. The fraction of sp³-hybridized carbons (Fsp3) is 0. The maximum Gasteiger partial charge on any atom is 0.169 e. The van der Waals surface area contributed by atoms with Crippen molar-refractivity contribution >= 4 is 5.82 Å². The quantitative estimate of drug-likeness (QED) is 0.778. The first-order valence-corrected chi connectivity index (χ1v) is 4.21. The van der Waals surface area contributed by atoms with E-state index in [1.807, 2.05) is 0 Å². The molecule has 0 bridgehead atoms. The summed E-state index contributed by atoms with van der Waals surface area (Å²) in [6.45, 7) is 0. The second kappa shape index (κ2) is 3.61. The zero-order valence-electron chi connectivity index (χ0n) is 7.61. The molecule has 1 aromatic carbocycles. The van der Waals surface area contributed by atoms with E-state index in [9.17, 15) is 8.78 Å². The molecule has 1 heterocycles. The number of anilines is 1. The van der Waals surface area contributed by atoms with Gasteiger partial charge in [-0.2, -0.15) is 0 Å². The molecular weight excluding hydrogens is 200 g/mol. The van der Waals surface area contributed by atoms with Crippen molar-refractivity contribution in [2.75, 3.05) is 5.73 Å². The molecule has 15 heavy (non-hydrogen) atoms. The van der Waals surface area contributed by atoms with Crippen molar-refractivity contribution in [2.24, 2.45) is 0 Å². The Balaban J connectivity index is 2.59. The standard InChI is InChI=1S/C10H7F2N3/c11-7-3-1-2-6(9(7)12)10-14-5-4-8(13)15-10/h1-5H,(H2,13,14,15). The first kappa shape index (κ1) is 9.51. The Morgan fingerprint density at radius 1 is 1.13 bits per heavy atom. The molecule has 76 valence electrons. The lowest BCUT2D eigenvalue weighted by molar-refractivity contribution is 0.510. The second-order valence-electron chi connectivity index (χ2n) is 2.91. The highest BCUT2D eigenvalue weighted by Crippen LogP contribution is 2.21. The molecule has 0 amide bonds. The number of nitrogen functional groups attached to an aromatic ring is 1. The summed E-state index contributed by atoms with van der Waals surface area (Å²) in [4.78, 5) is 7.62. The maximum atomic E-state index is 13.3. The summed E-state index contributed by atoms with van der Waals surface area (Å²) < 4.78 is 26.2. The fourth-order valence-electron chi connectivity index (χ4n) is 1.18. The van der Waals surface area contributed by atoms with Crippen LogP contribution in [-0.2, 0) is 0 Å². The molecule has 3 nitrogen and oxygen atoms in total. The third-order valence-corrected chi connectivity index (χ3v) is 1.87. The van der Waals surface area contributed by atoms with Crippen molar-refractivity contribution in [1.82, 2.24) is 9.97 Å². The van der Waals surface area contributed by atoms with Gasteiger partial charge in [0.1, 0.15) is 5.82 Å². The zero-order chi connectivity index (χ0) is 10.8. The highest BCUT2D eigenvalue weighted by Gasteiger charge is 2.11. The second-order valence-corrected chi connectivity index (χ2v) is 2.91. The van der Waals surface area contributed by atoms with Crippen molar-refractivity contribution in [1.29, 1.82) is 0 Å². The number of hydrogen-bond donors (Lipinski definition) is 1. The molecular formula is C10H7F2N3. The van der Waals surface area contributed by atoms with Crippen molar-refractivity contribution in [3.8, 4) is 11.4 Å². The molecule has 2 aromatic rings. The van der Waals surface area contributed by atoms with Crippen LogP contribution in [0.25, 0.3) is 11.4 Å². The van der Waals surface area contributed by atoms with E-state index >= 15 is 0 Å². The van der Waals surface area contributed by atoms with E-state index in [1.165, 1.54) is 24.4 Å². The highest BCUT2D eigenvalue weighted by molar-refractivity contribution is 5.57. The van der Waals surface area contributed by atoms with Gasteiger partial charge in [-0.25, -0.2) is 18.7 Å². The summed E-state index contributed by atoms with van der Waals surface area (Å²) in [6, 6.07) is 5.29. The van der Waals surface area contributed by atoms with E-state index in [2.05, 4.69) is 9.97 Å². The van der Waals surface area contributed by atoms with E-state index in [-0.39, 0.29) is 17.2 Å². The topological polar surface area (TPSA) is 51.8 Å². The lowest BCUT2D eigenvalue weighted by Crippen LogP contribution is -1.97. The zero-order valence-corrected chi connectivity index (χ0v) is 7.61. The number of hydrogen-bond acceptors (Lipinski definition) is 3. The molecule has 0 spiro atoms. The van der Waals surface area contributed by atoms with Gasteiger partial charge in [0.15, 0.2) is 17.5 Å². The van der Waals surface area contributed by atoms with E-state index in [0.717, 1.165) is 6.07 Å². The van der Waals surface area contributed by atoms with Gasteiger partial charge >= 0.3 is 0 Å². The lowest BCUT2D eigenvalue weighted by Gasteiger charge is -2.02. The van der Waals surface area contributed by atoms with Gasteiger partial charge in [-0.1, -0.05) is 6.07 Å². The third kappa shape index (κ3) is 1.76. The predicted molar refractivity (Wildman–Crippen MR) is 51.8 cm³/mol. The summed E-state index contributed by atoms with van der Waals surface area (Å²) in [6.07, 6.45) is 1.39. The molecule has 0 unspecified atom stereocenters. The number of benzene rings is 1. The van der Waals surface area contributed by atoms with Crippen molar-refractivity contribution in [3.05, 3.63) is 42.1 Å². The number of nitrogens with two attached hydrogens (primary N) is 1. The minimum Gasteiger partial charge on any atom is -0.384 e. The Labute approximate surface area is 84.6 Å². The number of aromatic nitrogens is 2. The smallest absolute Gasteiger partial charge is 0.169 e. The average molecular weight is 207 g/mol. The Hall–Kier alpha value is -2.04. The van der Waals surface area contributed by atoms with E-state index < -0.39 is 11.6 Å². The van der Waals surface area contributed by atoms with E-state index in [1.54, 1.807) is 0 Å². The Morgan fingerprint density at radius 2 is 1.93 bits per heavy atom. The van der Waals surface area contributed by atoms with Crippen LogP contribution < -0.4 is 5.73 Å². The molecule has 2 rings (SSSR count). The number of nitrogens with zero attached hydrogens (tertiary/aromatic N) is 2. The molecule has 5 heteroatoms. The van der Waals surface area contributed by atoms with Crippen LogP contribution in [0.5, 0.6) is 0 Å². The molecule has 1 aromatic heterocycles. The number of rotatable bonds is 1. The summed E-state index contributed by atoms with van der Waals surface area (Å²) in [5, 5.41) is 0. The van der Waals surface area contributed by atoms with Gasteiger partial charge in [0.25, 0.3) is 0 Å². The first-order valence-electron chi connectivity index (χ1n) is 4.21. The molecule has 0 fully saturated rings. The van der Waals surface area contributed by atoms with E-state index in [4.69, 9.17) is 5.73 Å². The van der Waals surface area contributed by atoms with Crippen LogP contribution in [0.15, 0.2) is 30.5 Å². The molecule has 0 aliphatic rings. The summed E-state index contributed by atoms with van der Waals surface area (Å²) in [5.41, 5.74) is 5.42. The van der Waals surface area contributed by atoms with Gasteiger partial charge in [-0.15, -0.1) is 0 Å². The summed E-state index contributed by atoms with van der Waals surface area (Å²) >= 11 is 0. The summed E-state index contributed by atoms with van der Waals surface area (Å²) in [7, 11) is 0. The van der Waals surface area contributed by atoms with Gasteiger partial charge < -0.3 is 5.73 Å². The lowest BCUT2D eigenvalue weighted by atomic mass is 10.2. The minimum atomic E-state index is -0.969. The van der Waals surface area contributed by atoms with Crippen molar-refractivity contribution < 1.29 is 8.78 Å². The van der Waals surface area contributed by atoms with Crippen LogP contribution in [0.4, 0.5) is 14.6 Å². The SMILES string of the molecule is Nc1ccnc(-c2cccc(F)c2F)n1. The van der Waals surface area contributed by atoms with Crippen molar-refractivity contribution in [3.63, 3.8) is 0 Å². The van der Waals surface area contributed by atoms with Crippen LogP contribution in [0.3, 0.4) is 0 Å². The van der Waals surface area contributed by atoms with E-state index in [0.29, 0.717) is 0 Å². The van der Waals surface area contributed by atoms with Gasteiger partial charge in [0.2, 0.25) is 0 Å². The van der Waals surface area contributed by atoms with Crippen LogP contribution in [0.1, 0.15) is 0 Å². The average Bonchev–Trinajstić information content (AvgIpc) is 2.22. The van der Waals surface area contributed by atoms with Crippen LogP contribution in [0, 0.1) is 11.6 Å². The highest BCUT2D eigenvalue weighted by atomic mass is 19.2. The first-order chi connectivity index (χ1) is 7.18. The third-order valence-electron chi connectivity index (χ3n) is 1.87. The monoisotopic (exact) mass is 207 g/mol. The predicted octanol–water partition coefficient (Wildman–Crippen LogP) is 2.00.